The Kier molecular flexibility index (Phi) is 5.33. The van der Waals surface area contributed by atoms with Gasteiger partial charge in [-0.05, 0) is 38.0 Å². The van der Waals surface area contributed by atoms with Gasteiger partial charge in [0.05, 0.1) is 6.54 Å². The van der Waals surface area contributed by atoms with Crippen LogP contribution in [0.15, 0.2) is 36.5 Å². The second kappa shape index (κ2) is 7.22. The Morgan fingerprint density at radius 3 is 2.67 bits per heavy atom. The van der Waals surface area contributed by atoms with Crippen molar-refractivity contribution in [2.45, 2.75) is 39.8 Å². The molecular formula is C16H22N4S. The number of anilines is 1. The lowest BCUT2D eigenvalue weighted by molar-refractivity contribution is 0.645. The number of thiocarbonyl (C=S) groups is 1. The van der Waals surface area contributed by atoms with Crippen LogP contribution in [0.1, 0.15) is 31.4 Å². The van der Waals surface area contributed by atoms with Gasteiger partial charge in [-0.3, -0.25) is 4.68 Å². The van der Waals surface area contributed by atoms with Crippen LogP contribution in [0, 0.1) is 6.92 Å². The molecule has 0 fully saturated rings. The highest BCUT2D eigenvalue weighted by Gasteiger charge is 2.04. The topological polar surface area (TPSA) is 41.9 Å². The molecule has 2 rings (SSSR count). The molecule has 1 atom stereocenters. The van der Waals surface area contributed by atoms with E-state index in [1.807, 2.05) is 16.9 Å². The summed E-state index contributed by atoms with van der Waals surface area (Å²) in [7, 11) is 0. The third kappa shape index (κ3) is 4.86. The van der Waals surface area contributed by atoms with Crippen LogP contribution in [0.2, 0.25) is 0 Å². The summed E-state index contributed by atoms with van der Waals surface area (Å²) in [5.74, 6) is 0.767. The van der Waals surface area contributed by atoms with Gasteiger partial charge in [0, 0.05) is 18.3 Å². The first-order valence-corrected chi connectivity index (χ1v) is 7.64. The first-order chi connectivity index (χ1) is 10.1. The molecule has 0 radical (unpaired) electrons. The smallest absolute Gasteiger partial charge is 0.172 e. The Morgan fingerprint density at radius 2 is 2.00 bits per heavy atom. The van der Waals surface area contributed by atoms with Gasteiger partial charge in [0.15, 0.2) is 10.9 Å². The van der Waals surface area contributed by atoms with Gasteiger partial charge in [-0.15, -0.1) is 0 Å². The number of rotatable bonds is 5. The summed E-state index contributed by atoms with van der Waals surface area (Å²) in [6.45, 7) is 7.07. The maximum Gasteiger partial charge on any atom is 0.172 e. The normalized spacial score (nSPS) is 12.0. The van der Waals surface area contributed by atoms with E-state index in [-0.39, 0.29) is 0 Å². The van der Waals surface area contributed by atoms with E-state index in [1.54, 1.807) is 0 Å². The third-order valence-electron chi connectivity index (χ3n) is 3.34. The maximum absolute atomic E-state index is 5.26. The predicted octanol–water partition coefficient (Wildman–Crippen LogP) is 3.32. The molecule has 1 aromatic heterocycles. The third-order valence-corrected chi connectivity index (χ3v) is 3.56. The van der Waals surface area contributed by atoms with Gasteiger partial charge in [-0.25, -0.2) is 0 Å². The molecule has 5 heteroatoms. The van der Waals surface area contributed by atoms with Gasteiger partial charge < -0.3 is 10.6 Å². The van der Waals surface area contributed by atoms with Crippen molar-refractivity contribution in [3.05, 3.63) is 47.7 Å². The molecule has 1 heterocycles. The van der Waals surface area contributed by atoms with Crippen molar-refractivity contribution in [3.8, 4) is 0 Å². The van der Waals surface area contributed by atoms with Gasteiger partial charge in [0.1, 0.15) is 0 Å². The van der Waals surface area contributed by atoms with Crippen LogP contribution in [-0.2, 0) is 6.54 Å². The zero-order valence-corrected chi connectivity index (χ0v) is 13.6. The molecular weight excluding hydrogens is 280 g/mol. The summed E-state index contributed by atoms with van der Waals surface area (Å²) < 4.78 is 1.90. The van der Waals surface area contributed by atoms with Crippen LogP contribution in [0.5, 0.6) is 0 Å². The molecule has 2 aromatic rings. The number of aryl methyl sites for hydroxylation is 1. The van der Waals surface area contributed by atoms with E-state index < -0.39 is 0 Å². The van der Waals surface area contributed by atoms with Crippen molar-refractivity contribution in [2.24, 2.45) is 0 Å². The number of hydrogen-bond acceptors (Lipinski definition) is 2. The number of nitrogens with one attached hydrogen (secondary N) is 2. The van der Waals surface area contributed by atoms with E-state index in [9.17, 15) is 0 Å². The molecule has 0 aliphatic carbocycles. The summed E-state index contributed by atoms with van der Waals surface area (Å²) in [5.41, 5.74) is 2.50. The zero-order valence-electron chi connectivity index (χ0n) is 12.8. The molecule has 0 saturated heterocycles. The lowest BCUT2D eigenvalue weighted by Crippen LogP contribution is -2.35. The number of nitrogens with zero attached hydrogens (tertiary/aromatic N) is 2. The first-order valence-electron chi connectivity index (χ1n) is 7.23. The summed E-state index contributed by atoms with van der Waals surface area (Å²) >= 11 is 5.26. The van der Waals surface area contributed by atoms with Crippen LogP contribution in [0.3, 0.4) is 0 Å². The van der Waals surface area contributed by atoms with E-state index in [1.165, 1.54) is 11.1 Å². The minimum absolute atomic E-state index is 0.361. The van der Waals surface area contributed by atoms with Gasteiger partial charge in [0.2, 0.25) is 0 Å². The van der Waals surface area contributed by atoms with Crippen LogP contribution in [0.25, 0.3) is 0 Å². The SMILES string of the molecule is CCC(C)NC(=S)Nc1ccn(Cc2ccc(C)cc2)n1. The largest absolute Gasteiger partial charge is 0.360 e. The Balaban J connectivity index is 1.92. The molecule has 0 bridgehead atoms. The molecule has 21 heavy (non-hydrogen) atoms. The fourth-order valence-electron chi connectivity index (χ4n) is 1.88. The lowest BCUT2D eigenvalue weighted by Gasteiger charge is -2.13. The fraction of sp³-hybridized carbons (Fsp3) is 0.375. The molecule has 0 saturated carbocycles. The Hall–Kier alpha value is -1.88. The molecule has 1 unspecified atom stereocenters. The Morgan fingerprint density at radius 1 is 1.29 bits per heavy atom. The molecule has 0 aliphatic rings. The number of benzene rings is 1. The monoisotopic (exact) mass is 302 g/mol. The summed E-state index contributed by atoms with van der Waals surface area (Å²) in [6, 6.07) is 10.8. The molecule has 2 N–H and O–H groups in total. The second-order valence-corrected chi connectivity index (χ2v) is 5.70. The van der Waals surface area contributed by atoms with Gasteiger partial charge in [0.25, 0.3) is 0 Å². The van der Waals surface area contributed by atoms with Gasteiger partial charge in [-0.1, -0.05) is 36.8 Å². The highest BCUT2D eigenvalue weighted by atomic mass is 32.1. The number of hydrogen-bond donors (Lipinski definition) is 2. The van der Waals surface area contributed by atoms with E-state index in [2.05, 4.69) is 60.8 Å². The molecule has 0 spiro atoms. The second-order valence-electron chi connectivity index (χ2n) is 5.29. The summed E-state index contributed by atoms with van der Waals surface area (Å²) in [6.07, 6.45) is 2.98. The van der Waals surface area contributed by atoms with E-state index >= 15 is 0 Å². The minimum atomic E-state index is 0.361. The van der Waals surface area contributed by atoms with Crippen LogP contribution in [0.4, 0.5) is 5.82 Å². The van der Waals surface area contributed by atoms with Crippen molar-refractivity contribution < 1.29 is 0 Å². The van der Waals surface area contributed by atoms with Crippen LogP contribution < -0.4 is 10.6 Å². The molecule has 0 amide bonds. The van der Waals surface area contributed by atoms with E-state index in [0.29, 0.717) is 11.2 Å². The average Bonchev–Trinajstić information content (AvgIpc) is 2.88. The predicted molar refractivity (Wildman–Crippen MR) is 91.6 cm³/mol. The standard InChI is InChI=1S/C16H22N4S/c1-4-13(3)17-16(21)18-15-9-10-20(19-15)11-14-7-5-12(2)6-8-14/h5-10,13H,4,11H2,1-3H3,(H2,17,18,19,21). The molecule has 0 aliphatic heterocycles. The van der Waals surface area contributed by atoms with Gasteiger partial charge in [-0.2, -0.15) is 5.10 Å². The van der Waals surface area contributed by atoms with Crippen molar-refractivity contribution in [1.29, 1.82) is 0 Å². The highest BCUT2D eigenvalue weighted by molar-refractivity contribution is 7.80. The Bertz CT molecular complexity index is 589. The van der Waals surface area contributed by atoms with Crippen molar-refractivity contribution >= 4 is 23.1 Å². The highest BCUT2D eigenvalue weighted by Crippen LogP contribution is 2.08. The minimum Gasteiger partial charge on any atom is -0.360 e. The van der Waals surface area contributed by atoms with Crippen molar-refractivity contribution in [2.75, 3.05) is 5.32 Å². The van der Waals surface area contributed by atoms with Crippen molar-refractivity contribution in [1.82, 2.24) is 15.1 Å². The molecule has 4 nitrogen and oxygen atoms in total. The first kappa shape index (κ1) is 15.5. The number of aromatic nitrogens is 2. The molecule has 1 aromatic carbocycles. The Labute approximate surface area is 131 Å². The lowest BCUT2D eigenvalue weighted by atomic mass is 10.1. The van der Waals surface area contributed by atoms with Gasteiger partial charge >= 0.3 is 0 Å². The maximum atomic E-state index is 5.26. The van der Waals surface area contributed by atoms with Crippen LogP contribution >= 0.6 is 12.2 Å². The quantitative estimate of drug-likeness (QED) is 0.831. The summed E-state index contributed by atoms with van der Waals surface area (Å²) in [4.78, 5) is 0. The van der Waals surface area contributed by atoms with E-state index in [4.69, 9.17) is 12.2 Å². The van der Waals surface area contributed by atoms with E-state index in [0.717, 1.165) is 18.8 Å². The summed E-state index contributed by atoms with van der Waals surface area (Å²) in [5, 5.41) is 11.4. The zero-order chi connectivity index (χ0) is 15.2. The van der Waals surface area contributed by atoms with Crippen LogP contribution in [-0.4, -0.2) is 20.9 Å². The van der Waals surface area contributed by atoms with Crippen molar-refractivity contribution in [3.63, 3.8) is 0 Å². The fourth-order valence-corrected chi connectivity index (χ4v) is 2.18. The molecule has 112 valence electrons. The average molecular weight is 302 g/mol.